The zero-order valence-corrected chi connectivity index (χ0v) is 23.0. The van der Waals surface area contributed by atoms with Crippen LogP contribution >= 0.6 is 11.3 Å². The number of imide groups is 1. The van der Waals surface area contributed by atoms with Gasteiger partial charge in [0.15, 0.2) is 0 Å². The van der Waals surface area contributed by atoms with Crippen LogP contribution in [0.15, 0.2) is 58.5 Å². The van der Waals surface area contributed by atoms with Crippen molar-refractivity contribution in [3.8, 4) is 5.75 Å². The van der Waals surface area contributed by atoms with Crippen LogP contribution in [0.4, 0.5) is 0 Å². The number of rotatable bonds is 9. The minimum absolute atomic E-state index is 0.0686. The average Bonchev–Trinajstić information content (AvgIpc) is 3.49. The zero-order chi connectivity index (χ0) is 26.8. The summed E-state index contributed by atoms with van der Waals surface area (Å²) in [5.41, 5.74) is 4.59. The fraction of sp³-hybridized carbons (Fsp3) is 0.467. The Labute approximate surface area is 229 Å². The molecule has 0 radical (unpaired) electrons. The molecule has 2 aliphatic heterocycles. The Bertz CT molecular complexity index is 1240. The molecule has 5 rings (SSSR count). The average molecular weight is 533 g/mol. The predicted molar refractivity (Wildman–Crippen MR) is 150 cm³/mol. The Balaban J connectivity index is 1.41. The first kappa shape index (κ1) is 26.9. The molecule has 2 fully saturated rings. The van der Waals surface area contributed by atoms with Gasteiger partial charge in [-0.15, -0.1) is 11.3 Å². The zero-order valence-electron chi connectivity index (χ0n) is 22.1. The Kier molecular flexibility index (Phi) is 8.22. The monoisotopic (exact) mass is 533 g/mol. The van der Waals surface area contributed by atoms with E-state index in [2.05, 4.69) is 19.9 Å². The Morgan fingerprint density at radius 2 is 2.03 bits per heavy atom. The minimum Gasteiger partial charge on any atom is -0.508 e. The third-order valence-corrected chi connectivity index (χ3v) is 9.13. The predicted octanol–water partition coefficient (Wildman–Crippen LogP) is 5.82. The number of carbonyl (C=O) groups is 2. The van der Waals surface area contributed by atoms with Gasteiger partial charge >= 0.3 is 7.12 Å². The number of thiophene rings is 1. The van der Waals surface area contributed by atoms with Gasteiger partial charge in [0.1, 0.15) is 5.75 Å². The highest BCUT2D eigenvalue weighted by Gasteiger charge is 2.57. The van der Waals surface area contributed by atoms with Crippen molar-refractivity contribution in [1.29, 1.82) is 0 Å². The summed E-state index contributed by atoms with van der Waals surface area (Å²) in [6.45, 7) is 4.59. The van der Waals surface area contributed by atoms with Crippen LogP contribution in [0.3, 0.4) is 0 Å². The largest absolute Gasteiger partial charge is 0.508 e. The summed E-state index contributed by atoms with van der Waals surface area (Å²) in [6, 6.07) is 11.1. The first-order valence-corrected chi connectivity index (χ1v) is 14.7. The van der Waals surface area contributed by atoms with E-state index >= 15 is 0 Å². The highest BCUT2D eigenvalue weighted by molar-refractivity contribution is 7.09. The van der Waals surface area contributed by atoms with Crippen molar-refractivity contribution in [2.24, 2.45) is 17.8 Å². The third-order valence-electron chi connectivity index (χ3n) is 8.27. The minimum atomic E-state index is -0.954. The topological polar surface area (TPSA) is 87.1 Å². The van der Waals surface area contributed by atoms with Gasteiger partial charge in [0.05, 0.1) is 24.5 Å². The standard InChI is InChI=1S/C30H36BNO5S/c1-3-7-21-16-24-28(30(35)32(29(24)34)18-23-10-6-13-38-23)25-17-31(36)37-26(27(21)25)12-11-19(4-2)14-20-8-5-9-22(33)15-20/h5-6,8-10,13-15,24-26,28,33,36H,3-4,7,11-12,16-18H2,1-2H3/b19-14+/t24-,25+,26-,28-/m1/s1. The van der Waals surface area contributed by atoms with E-state index in [1.165, 1.54) is 16.0 Å². The van der Waals surface area contributed by atoms with E-state index in [0.717, 1.165) is 41.7 Å². The smallest absolute Gasteiger partial charge is 0.455 e. The lowest BCUT2D eigenvalue weighted by atomic mass is 9.58. The number of hydrogen-bond acceptors (Lipinski definition) is 6. The second kappa shape index (κ2) is 11.6. The number of phenolic OH excluding ortho intramolecular Hbond substituents is 1. The fourth-order valence-electron chi connectivity index (χ4n) is 6.60. The molecule has 0 spiro atoms. The van der Waals surface area contributed by atoms with Crippen molar-refractivity contribution < 1.29 is 24.4 Å². The molecule has 4 atom stereocenters. The Hall–Kier alpha value is -2.68. The van der Waals surface area contributed by atoms with Crippen molar-refractivity contribution in [2.45, 2.75) is 71.3 Å². The van der Waals surface area contributed by atoms with E-state index < -0.39 is 13.0 Å². The number of amides is 2. The molecular weight excluding hydrogens is 497 g/mol. The lowest BCUT2D eigenvalue weighted by molar-refractivity contribution is -0.140. The maximum absolute atomic E-state index is 13.7. The lowest BCUT2D eigenvalue weighted by Crippen LogP contribution is -2.46. The number of benzene rings is 1. The summed E-state index contributed by atoms with van der Waals surface area (Å²) in [5.74, 6) is -0.869. The summed E-state index contributed by atoms with van der Waals surface area (Å²) in [7, 11) is -0.954. The molecule has 3 heterocycles. The first-order valence-electron chi connectivity index (χ1n) is 13.8. The molecule has 2 saturated heterocycles. The number of hydrogen-bond donors (Lipinski definition) is 2. The van der Waals surface area contributed by atoms with Gasteiger partial charge in [-0.2, -0.15) is 0 Å². The Morgan fingerprint density at radius 3 is 2.74 bits per heavy atom. The number of allylic oxidation sites excluding steroid dienone is 2. The molecule has 1 aromatic heterocycles. The molecule has 3 aliphatic rings. The van der Waals surface area contributed by atoms with Gasteiger partial charge < -0.3 is 14.8 Å². The maximum Gasteiger partial charge on any atom is 0.455 e. The molecule has 1 aliphatic carbocycles. The molecule has 38 heavy (non-hydrogen) atoms. The normalized spacial score (nSPS) is 25.7. The van der Waals surface area contributed by atoms with Crippen molar-refractivity contribution in [3.05, 3.63) is 68.9 Å². The van der Waals surface area contributed by atoms with Gasteiger partial charge in [-0.3, -0.25) is 14.5 Å². The van der Waals surface area contributed by atoms with Crippen molar-refractivity contribution in [2.75, 3.05) is 0 Å². The van der Waals surface area contributed by atoms with E-state index in [9.17, 15) is 19.7 Å². The van der Waals surface area contributed by atoms with E-state index in [1.54, 1.807) is 23.5 Å². The fourth-order valence-corrected chi connectivity index (χ4v) is 7.29. The first-order chi connectivity index (χ1) is 18.4. The molecule has 2 aromatic rings. The molecule has 1 aromatic carbocycles. The molecule has 200 valence electrons. The van der Waals surface area contributed by atoms with Crippen LogP contribution in [0.25, 0.3) is 6.08 Å². The van der Waals surface area contributed by atoms with Gasteiger partial charge in [0, 0.05) is 4.88 Å². The van der Waals surface area contributed by atoms with Gasteiger partial charge in [0.25, 0.3) is 0 Å². The Morgan fingerprint density at radius 1 is 1.18 bits per heavy atom. The molecule has 8 heteroatoms. The molecule has 6 nitrogen and oxygen atoms in total. The number of aromatic hydroxyl groups is 1. The number of phenols is 1. The van der Waals surface area contributed by atoms with Crippen molar-refractivity contribution in [3.63, 3.8) is 0 Å². The van der Waals surface area contributed by atoms with Crippen LogP contribution in [0.2, 0.25) is 6.32 Å². The van der Waals surface area contributed by atoms with E-state index in [1.807, 2.05) is 29.6 Å². The highest BCUT2D eigenvalue weighted by atomic mass is 32.1. The maximum atomic E-state index is 13.7. The summed E-state index contributed by atoms with van der Waals surface area (Å²) in [4.78, 5) is 29.6. The van der Waals surface area contributed by atoms with E-state index in [-0.39, 0.29) is 35.5 Å². The summed E-state index contributed by atoms with van der Waals surface area (Å²) in [6.07, 6.45) is 6.96. The summed E-state index contributed by atoms with van der Waals surface area (Å²) < 4.78 is 6.14. The van der Waals surface area contributed by atoms with Crippen LogP contribution in [0.5, 0.6) is 5.75 Å². The van der Waals surface area contributed by atoms with E-state index in [0.29, 0.717) is 25.7 Å². The molecule has 0 bridgehead atoms. The second-order valence-corrected chi connectivity index (χ2v) is 11.7. The highest BCUT2D eigenvalue weighted by Crippen LogP contribution is 2.51. The summed E-state index contributed by atoms with van der Waals surface area (Å²) in [5, 5.41) is 22.6. The van der Waals surface area contributed by atoms with Crippen molar-refractivity contribution >= 4 is 36.3 Å². The van der Waals surface area contributed by atoms with Crippen LogP contribution in [0, 0.1) is 17.8 Å². The number of fused-ring (bicyclic) bond motifs is 3. The molecule has 2 N–H and O–H groups in total. The number of carbonyl (C=O) groups excluding carboxylic acids is 2. The van der Waals surface area contributed by atoms with Crippen LogP contribution in [-0.4, -0.2) is 40.1 Å². The molecule has 0 unspecified atom stereocenters. The summed E-state index contributed by atoms with van der Waals surface area (Å²) >= 11 is 1.56. The molecule has 0 saturated carbocycles. The van der Waals surface area contributed by atoms with Crippen LogP contribution in [0.1, 0.15) is 62.8 Å². The van der Waals surface area contributed by atoms with Gasteiger partial charge in [-0.1, -0.05) is 55.7 Å². The molecular formula is C30H36BNO5S. The third kappa shape index (κ3) is 5.40. The van der Waals surface area contributed by atoms with Gasteiger partial charge in [-0.05, 0) is 79.1 Å². The number of nitrogens with zero attached hydrogens (tertiary/aromatic N) is 1. The lowest BCUT2D eigenvalue weighted by Gasteiger charge is -2.43. The van der Waals surface area contributed by atoms with E-state index in [4.69, 9.17) is 4.65 Å². The van der Waals surface area contributed by atoms with Gasteiger partial charge in [-0.25, -0.2) is 0 Å². The van der Waals surface area contributed by atoms with Crippen molar-refractivity contribution in [1.82, 2.24) is 4.90 Å². The molecule has 2 amide bonds. The second-order valence-electron chi connectivity index (χ2n) is 10.7. The number of likely N-dealkylation sites (tertiary alicyclic amines) is 1. The van der Waals surface area contributed by atoms with Crippen LogP contribution in [-0.2, 0) is 20.8 Å². The van der Waals surface area contributed by atoms with Gasteiger partial charge in [0.2, 0.25) is 11.8 Å². The quantitative estimate of drug-likeness (QED) is 0.241. The SMILES string of the molecule is CCCC1=C2[C@@H](CC/C(=C/c3cccc(O)c3)CC)OB(O)C[C@@H]2[C@@H]2C(=O)N(Cc3cccs3)C(=O)[C@@H]2C1. The van der Waals surface area contributed by atoms with Crippen LogP contribution < -0.4 is 0 Å².